The maximum absolute atomic E-state index is 9.98. The van der Waals surface area contributed by atoms with E-state index in [0.717, 1.165) is 45.5 Å². The van der Waals surface area contributed by atoms with Gasteiger partial charge < -0.3 is 14.7 Å². The van der Waals surface area contributed by atoms with Gasteiger partial charge in [0.15, 0.2) is 0 Å². The predicted octanol–water partition coefficient (Wildman–Crippen LogP) is 1.40. The van der Waals surface area contributed by atoms with Crippen molar-refractivity contribution >= 4 is 0 Å². The van der Waals surface area contributed by atoms with Gasteiger partial charge in [0.2, 0.25) is 0 Å². The Bertz CT molecular complexity index is 200. The van der Waals surface area contributed by atoms with Crippen LogP contribution < -0.4 is 0 Å². The largest absolute Gasteiger partial charge is 0.390 e. The van der Waals surface area contributed by atoms with E-state index in [1.807, 2.05) is 6.92 Å². The van der Waals surface area contributed by atoms with Crippen molar-refractivity contribution in [1.29, 1.82) is 0 Å². The fraction of sp³-hybridized carbons (Fsp3) is 1.00. The van der Waals surface area contributed by atoms with Crippen LogP contribution in [0.1, 0.15) is 39.0 Å². The summed E-state index contributed by atoms with van der Waals surface area (Å²) >= 11 is 0. The van der Waals surface area contributed by atoms with Gasteiger partial charge in [0.05, 0.1) is 11.7 Å². The standard InChI is InChI=1S/C12H23NO2/c1-12(14)5-3-7-13(8-6-12)10-11-4-2-9-15-11/h11,14H,2-10H2,1H3. The van der Waals surface area contributed by atoms with Crippen LogP contribution in [0, 0.1) is 0 Å². The molecule has 2 aliphatic heterocycles. The first-order valence-corrected chi connectivity index (χ1v) is 6.22. The molecule has 88 valence electrons. The first kappa shape index (κ1) is 11.4. The second-order valence-electron chi connectivity index (χ2n) is 5.29. The molecule has 0 aliphatic carbocycles. The Kier molecular flexibility index (Phi) is 3.65. The van der Waals surface area contributed by atoms with Crippen LogP contribution in [-0.2, 0) is 4.74 Å². The lowest BCUT2D eigenvalue weighted by atomic mass is 9.98. The van der Waals surface area contributed by atoms with Gasteiger partial charge in [-0.25, -0.2) is 0 Å². The number of hydrogen-bond acceptors (Lipinski definition) is 3. The van der Waals surface area contributed by atoms with Gasteiger partial charge in [-0.15, -0.1) is 0 Å². The summed E-state index contributed by atoms with van der Waals surface area (Å²) in [6, 6.07) is 0. The normalized spacial score (nSPS) is 39.2. The van der Waals surface area contributed by atoms with Gasteiger partial charge >= 0.3 is 0 Å². The van der Waals surface area contributed by atoms with Crippen LogP contribution in [0.3, 0.4) is 0 Å². The molecule has 0 aromatic carbocycles. The summed E-state index contributed by atoms with van der Waals surface area (Å²) in [5.41, 5.74) is -0.439. The quantitative estimate of drug-likeness (QED) is 0.752. The first-order valence-electron chi connectivity index (χ1n) is 6.22. The number of ether oxygens (including phenoxy) is 1. The molecular weight excluding hydrogens is 190 g/mol. The van der Waals surface area contributed by atoms with Crippen LogP contribution in [0.5, 0.6) is 0 Å². The molecule has 3 heteroatoms. The molecule has 2 unspecified atom stereocenters. The molecule has 0 amide bonds. The molecule has 0 bridgehead atoms. The molecule has 2 atom stereocenters. The van der Waals surface area contributed by atoms with Crippen molar-refractivity contribution in [2.24, 2.45) is 0 Å². The van der Waals surface area contributed by atoms with E-state index in [2.05, 4.69) is 4.90 Å². The lowest BCUT2D eigenvalue weighted by Crippen LogP contribution is -2.34. The molecule has 2 aliphatic rings. The van der Waals surface area contributed by atoms with Crippen LogP contribution in [-0.4, -0.2) is 48.0 Å². The molecule has 2 heterocycles. The van der Waals surface area contributed by atoms with Gasteiger partial charge in [-0.1, -0.05) is 0 Å². The Morgan fingerprint density at radius 1 is 1.33 bits per heavy atom. The molecule has 0 aromatic heterocycles. The third kappa shape index (κ3) is 3.44. The van der Waals surface area contributed by atoms with E-state index in [9.17, 15) is 5.11 Å². The second kappa shape index (κ2) is 4.81. The fourth-order valence-electron chi connectivity index (χ4n) is 2.58. The topological polar surface area (TPSA) is 32.7 Å². The third-order valence-electron chi connectivity index (χ3n) is 3.64. The zero-order valence-electron chi connectivity index (χ0n) is 9.74. The van der Waals surface area contributed by atoms with Crippen molar-refractivity contribution in [1.82, 2.24) is 4.90 Å². The van der Waals surface area contributed by atoms with E-state index < -0.39 is 5.60 Å². The van der Waals surface area contributed by atoms with Gasteiger partial charge in [-0.2, -0.15) is 0 Å². The van der Waals surface area contributed by atoms with Crippen molar-refractivity contribution in [3.05, 3.63) is 0 Å². The van der Waals surface area contributed by atoms with Crippen molar-refractivity contribution in [3.63, 3.8) is 0 Å². The van der Waals surface area contributed by atoms with E-state index in [1.165, 1.54) is 12.8 Å². The van der Waals surface area contributed by atoms with Crippen LogP contribution in [0.4, 0.5) is 0 Å². The number of likely N-dealkylation sites (tertiary alicyclic amines) is 1. The SMILES string of the molecule is CC1(O)CCCN(CC2CCCO2)CC1. The van der Waals surface area contributed by atoms with Crippen molar-refractivity contribution in [2.75, 3.05) is 26.2 Å². The highest BCUT2D eigenvalue weighted by molar-refractivity contribution is 4.80. The highest BCUT2D eigenvalue weighted by atomic mass is 16.5. The maximum Gasteiger partial charge on any atom is 0.0702 e. The van der Waals surface area contributed by atoms with Crippen molar-refractivity contribution in [3.8, 4) is 0 Å². The monoisotopic (exact) mass is 213 g/mol. The van der Waals surface area contributed by atoms with E-state index in [-0.39, 0.29) is 0 Å². The molecule has 2 rings (SSSR count). The molecule has 0 radical (unpaired) electrons. The lowest BCUT2D eigenvalue weighted by Gasteiger charge is -2.24. The average Bonchev–Trinajstić information content (AvgIpc) is 2.60. The zero-order chi connectivity index (χ0) is 10.7. The molecule has 2 saturated heterocycles. The molecule has 2 fully saturated rings. The van der Waals surface area contributed by atoms with Crippen molar-refractivity contribution in [2.45, 2.75) is 50.7 Å². The number of nitrogens with zero attached hydrogens (tertiary/aromatic N) is 1. The minimum absolute atomic E-state index is 0.439. The van der Waals surface area contributed by atoms with Crippen LogP contribution in [0.25, 0.3) is 0 Å². The van der Waals surface area contributed by atoms with Crippen LogP contribution >= 0.6 is 0 Å². The Balaban J connectivity index is 1.78. The first-order chi connectivity index (χ1) is 7.16. The van der Waals surface area contributed by atoms with E-state index in [4.69, 9.17) is 4.74 Å². The molecule has 1 N–H and O–H groups in total. The summed E-state index contributed by atoms with van der Waals surface area (Å²) in [4.78, 5) is 2.46. The van der Waals surface area contributed by atoms with Crippen LogP contribution in [0.15, 0.2) is 0 Å². The highest BCUT2D eigenvalue weighted by Crippen LogP contribution is 2.22. The zero-order valence-corrected chi connectivity index (χ0v) is 9.74. The Morgan fingerprint density at radius 2 is 2.20 bits per heavy atom. The smallest absolute Gasteiger partial charge is 0.0702 e. The summed E-state index contributed by atoms with van der Waals surface area (Å²) in [5, 5.41) is 9.98. The number of aliphatic hydroxyl groups is 1. The number of hydrogen-bond donors (Lipinski definition) is 1. The maximum atomic E-state index is 9.98. The average molecular weight is 213 g/mol. The predicted molar refractivity (Wildman–Crippen MR) is 59.9 cm³/mol. The minimum atomic E-state index is -0.439. The van der Waals surface area contributed by atoms with E-state index in [0.29, 0.717) is 6.10 Å². The molecular formula is C12H23NO2. The minimum Gasteiger partial charge on any atom is -0.390 e. The Hall–Kier alpha value is -0.120. The summed E-state index contributed by atoms with van der Waals surface area (Å²) < 4.78 is 5.64. The summed E-state index contributed by atoms with van der Waals surface area (Å²) in [6.07, 6.45) is 5.84. The van der Waals surface area contributed by atoms with E-state index >= 15 is 0 Å². The Labute approximate surface area is 92.4 Å². The second-order valence-corrected chi connectivity index (χ2v) is 5.29. The van der Waals surface area contributed by atoms with Crippen LogP contribution in [0.2, 0.25) is 0 Å². The highest BCUT2D eigenvalue weighted by Gasteiger charge is 2.26. The summed E-state index contributed by atoms with van der Waals surface area (Å²) in [5.74, 6) is 0. The lowest BCUT2D eigenvalue weighted by molar-refractivity contribution is 0.0397. The van der Waals surface area contributed by atoms with Gasteiger partial charge in [0, 0.05) is 19.7 Å². The third-order valence-corrected chi connectivity index (χ3v) is 3.64. The van der Waals surface area contributed by atoms with Gasteiger partial charge in [0.1, 0.15) is 0 Å². The van der Waals surface area contributed by atoms with Gasteiger partial charge in [0.25, 0.3) is 0 Å². The Morgan fingerprint density at radius 3 is 2.93 bits per heavy atom. The van der Waals surface area contributed by atoms with Gasteiger partial charge in [-0.3, -0.25) is 0 Å². The fourth-order valence-corrected chi connectivity index (χ4v) is 2.58. The van der Waals surface area contributed by atoms with Crippen molar-refractivity contribution < 1.29 is 9.84 Å². The van der Waals surface area contributed by atoms with E-state index in [1.54, 1.807) is 0 Å². The molecule has 0 saturated carbocycles. The number of rotatable bonds is 2. The molecule has 0 spiro atoms. The summed E-state index contributed by atoms with van der Waals surface area (Å²) in [6.45, 7) is 6.11. The summed E-state index contributed by atoms with van der Waals surface area (Å²) in [7, 11) is 0. The molecule has 0 aromatic rings. The molecule has 3 nitrogen and oxygen atoms in total. The molecule has 15 heavy (non-hydrogen) atoms. The van der Waals surface area contributed by atoms with Gasteiger partial charge in [-0.05, 0) is 45.6 Å².